The Hall–Kier alpha value is -3.70. The number of amides is 2. The first-order chi connectivity index (χ1) is 23.1. The second-order valence-corrected chi connectivity index (χ2v) is 14.8. The quantitative estimate of drug-likeness (QED) is 0.228. The number of allylic oxidation sites excluding steroid dienone is 1. The zero-order valence-electron chi connectivity index (χ0n) is 27.3. The summed E-state index contributed by atoms with van der Waals surface area (Å²) >= 11 is 0. The second kappa shape index (κ2) is 15.0. The van der Waals surface area contributed by atoms with E-state index in [0.29, 0.717) is 13.0 Å². The van der Waals surface area contributed by atoms with Crippen LogP contribution in [0, 0.1) is 11.8 Å². The van der Waals surface area contributed by atoms with Gasteiger partial charge >= 0.3 is 12.3 Å². The van der Waals surface area contributed by atoms with Crippen molar-refractivity contribution in [1.82, 2.24) is 14.9 Å². The highest BCUT2D eigenvalue weighted by molar-refractivity contribution is 7.89. The Kier molecular flexibility index (Phi) is 11.2. The van der Waals surface area contributed by atoms with E-state index in [0.717, 1.165) is 9.87 Å². The number of fused-ring (bicyclic) bond motifs is 2. The number of nitrogens with zero attached hydrogens (tertiary/aromatic N) is 1. The average molecular weight is 711 g/mol. The number of sulfonamides is 1. The van der Waals surface area contributed by atoms with Crippen LogP contribution in [0.3, 0.4) is 0 Å². The molecular formula is C33H41F3N4O8S. The summed E-state index contributed by atoms with van der Waals surface area (Å²) < 4.78 is 84.7. The summed E-state index contributed by atoms with van der Waals surface area (Å²) in [5.74, 6) is -0.960. The molecule has 0 radical (unpaired) electrons. The van der Waals surface area contributed by atoms with Crippen molar-refractivity contribution in [2.45, 2.75) is 69.2 Å². The normalized spacial score (nSPS) is 22.8. The molecule has 2 aromatic rings. The second-order valence-electron chi connectivity index (χ2n) is 12.8. The first-order valence-corrected chi connectivity index (χ1v) is 17.5. The van der Waals surface area contributed by atoms with Crippen molar-refractivity contribution in [3.05, 3.63) is 65.4 Å². The van der Waals surface area contributed by atoms with Crippen LogP contribution in [-0.2, 0) is 35.4 Å². The van der Waals surface area contributed by atoms with Crippen molar-refractivity contribution < 1.29 is 50.5 Å². The Labute approximate surface area is 283 Å². The topological polar surface area (TPSA) is 156 Å². The lowest BCUT2D eigenvalue weighted by Gasteiger charge is -2.31. The van der Waals surface area contributed by atoms with E-state index in [4.69, 9.17) is 14.2 Å². The molecular weight excluding hydrogens is 669 g/mol. The molecule has 0 saturated carbocycles. The van der Waals surface area contributed by atoms with E-state index in [1.165, 1.54) is 25.1 Å². The van der Waals surface area contributed by atoms with Gasteiger partial charge in [0.2, 0.25) is 10.0 Å². The summed E-state index contributed by atoms with van der Waals surface area (Å²) in [4.78, 5) is 25.6. The molecule has 0 bridgehead atoms. The zero-order valence-corrected chi connectivity index (χ0v) is 28.1. The molecule has 5 unspecified atom stereocenters. The predicted octanol–water partition coefficient (Wildman–Crippen LogP) is 3.63. The Morgan fingerprint density at radius 1 is 1.14 bits per heavy atom. The fourth-order valence-corrected chi connectivity index (χ4v) is 7.83. The van der Waals surface area contributed by atoms with Gasteiger partial charge in [-0.2, -0.15) is 17.5 Å². The summed E-state index contributed by atoms with van der Waals surface area (Å²) in [6, 6.07) is 12.0. The Morgan fingerprint density at radius 2 is 1.88 bits per heavy atom. The monoisotopic (exact) mass is 710 g/mol. The maximum absolute atomic E-state index is 14.1. The molecule has 2 fully saturated rings. The summed E-state index contributed by atoms with van der Waals surface area (Å²) in [5.41, 5.74) is 0.972. The van der Waals surface area contributed by atoms with Gasteiger partial charge in [-0.25, -0.2) is 13.2 Å². The predicted molar refractivity (Wildman–Crippen MR) is 172 cm³/mol. The highest BCUT2D eigenvalue weighted by Crippen LogP contribution is 2.36. The molecule has 3 aliphatic heterocycles. The summed E-state index contributed by atoms with van der Waals surface area (Å²) in [6.45, 7) is 3.79. The molecule has 268 valence electrons. The van der Waals surface area contributed by atoms with Gasteiger partial charge in [0.05, 0.1) is 41.7 Å². The van der Waals surface area contributed by atoms with E-state index in [-0.39, 0.29) is 58.8 Å². The molecule has 4 N–H and O–H groups in total. The third kappa shape index (κ3) is 8.91. The molecule has 49 heavy (non-hydrogen) atoms. The largest absolute Gasteiger partial charge is 0.443 e. The SMILES string of the molecule is C/C(NCC(F)(F)F)=C1\C(=O)Nc2ccc(S(=O)(=O)N(CC(C)C)CC(O)C(Cc3ccccc3)NC(=O)OC3COC4OCCC34)cc21. The average Bonchev–Trinajstić information content (AvgIpc) is 3.74. The lowest BCUT2D eigenvalue weighted by atomic mass is 10.0. The van der Waals surface area contributed by atoms with Gasteiger partial charge in [0.1, 0.15) is 12.6 Å². The number of carbonyl (C=O) groups excluding carboxylic acids is 2. The molecule has 5 atom stereocenters. The molecule has 12 nitrogen and oxygen atoms in total. The van der Waals surface area contributed by atoms with Crippen molar-refractivity contribution in [3.63, 3.8) is 0 Å². The Morgan fingerprint density at radius 3 is 2.57 bits per heavy atom. The standard InChI is InChI=1S/C33H41F3N4O8S/c1-19(2)15-40(49(44,45)22-9-10-25-24(14-22)29(30(42)38-25)20(3)37-18-33(34,35)36)16-27(41)26(13-21-7-5-4-6-8-21)39-32(43)48-28-17-47-31-23(28)11-12-46-31/h4-10,14,19,23,26-28,31,37,41H,11-13,15-18H2,1-3H3,(H,38,42)(H,39,43)/b29-20+. The van der Waals surface area contributed by atoms with Crippen molar-refractivity contribution in [2.75, 3.05) is 38.2 Å². The van der Waals surface area contributed by atoms with Gasteiger partial charge in [-0.05, 0) is 49.4 Å². The van der Waals surface area contributed by atoms with Crippen LogP contribution in [-0.4, -0.2) is 93.4 Å². The fourth-order valence-electron chi connectivity index (χ4n) is 6.18. The van der Waals surface area contributed by atoms with Crippen LogP contribution in [0.4, 0.5) is 23.7 Å². The van der Waals surface area contributed by atoms with Crippen LogP contribution < -0.4 is 16.0 Å². The molecule has 0 spiro atoms. The minimum atomic E-state index is -4.54. The highest BCUT2D eigenvalue weighted by atomic mass is 32.2. The maximum Gasteiger partial charge on any atom is 0.407 e. The number of halogens is 3. The minimum Gasteiger partial charge on any atom is -0.443 e. The lowest BCUT2D eigenvalue weighted by Crippen LogP contribution is -2.51. The van der Waals surface area contributed by atoms with Gasteiger partial charge in [0.25, 0.3) is 5.91 Å². The number of aliphatic hydroxyl groups excluding tert-OH is 1. The molecule has 2 aromatic carbocycles. The molecule has 16 heteroatoms. The smallest absolute Gasteiger partial charge is 0.407 e. The molecule has 5 rings (SSSR count). The number of aliphatic hydroxyl groups is 1. The van der Waals surface area contributed by atoms with E-state index in [9.17, 15) is 36.3 Å². The van der Waals surface area contributed by atoms with Crippen LogP contribution >= 0.6 is 0 Å². The molecule has 3 heterocycles. The molecule has 0 aliphatic carbocycles. The van der Waals surface area contributed by atoms with Gasteiger partial charge in [-0.15, -0.1) is 0 Å². The number of alkyl halides is 3. The zero-order chi connectivity index (χ0) is 35.5. The van der Waals surface area contributed by atoms with E-state index in [2.05, 4.69) is 16.0 Å². The van der Waals surface area contributed by atoms with Crippen LogP contribution in [0.2, 0.25) is 0 Å². The number of hydrogen-bond donors (Lipinski definition) is 4. The third-order valence-corrected chi connectivity index (χ3v) is 10.4. The number of ether oxygens (including phenoxy) is 3. The molecule has 0 aromatic heterocycles. The first-order valence-electron chi connectivity index (χ1n) is 16.0. The number of anilines is 1. The van der Waals surface area contributed by atoms with Crippen molar-refractivity contribution >= 4 is 33.3 Å². The number of benzene rings is 2. The summed E-state index contributed by atoms with van der Waals surface area (Å²) in [6.07, 6.45) is -6.85. The van der Waals surface area contributed by atoms with Crippen molar-refractivity contribution in [2.24, 2.45) is 11.8 Å². The van der Waals surface area contributed by atoms with Crippen molar-refractivity contribution in [1.29, 1.82) is 0 Å². The van der Waals surface area contributed by atoms with Gasteiger partial charge in [-0.1, -0.05) is 44.2 Å². The number of carbonyl (C=O) groups is 2. The van der Waals surface area contributed by atoms with Crippen LogP contribution in [0.1, 0.15) is 38.3 Å². The number of nitrogens with one attached hydrogen (secondary N) is 3. The van der Waals surface area contributed by atoms with Crippen molar-refractivity contribution in [3.8, 4) is 0 Å². The van der Waals surface area contributed by atoms with Gasteiger partial charge in [0, 0.05) is 30.0 Å². The van der Waals surface area contributed by atoms with E-state index in [1.54, 1.807) is 26.0 Å². The fraction of sp³-hybridized carbons (Fsp3) is 0.515. The van der Waals surface area contributed by atoms with Crippen LogP contribution in [0.5, 0.6) is 0 Å². The summed E-state index contributed by atoms with van der Waals surface area (Å²) in [7, 11) is -4.34. The van der Waals surface area contributed by atoms with Gasteiger partial charge < -0.3 is 35.3 Å². The number of rotatable bonds is 13. The minimum absolute atomic E-state index is 0.00644. The number of hydrogen-bond acceptors (Lipinski definition) is 9. The van der Waals surface area contributed by atoms with Crippen LogP contribution in [0.25, 0.3) is 5.57 Å². The van der Waals surface area contributed by atoms with Gasteiger partial charge in [-0.3, -0.25) is 4.79 Å². The van der Waals surface area contributed by atoms with E-state index in [1.807, 2.05) is 18.2 Å². The Bertz CT molecular complexity index is 1650. The van der Waals surface area contributed by atoms with Crippen LogP contribution in [0.15, 0.2) is 59.1 Å². The Balaban J connectivity index is 1.38. The number of alkyl carbamates (subject to hydrolysis) is 1. The lowest BCUT2D eigenvalue weighted by molar-refractivity contribution is -0.123. The summed E-state index contributed by atoms with van der Waals surface area (Å²) in [5, 5.41) is 19.1. The molecule has 2 saturated heterocycles. The van der Waals surface area contributed by atoms with E-state index < -0.39 is 65.8 Å². The van der Waals surface area contributed by atoms with Gasteiger partial charge in [0.15, 0.2) is 6.29 Å². The maximum atomic E-state index is 14.1. The highest BCUT2D eigenvalue weighted by Gasteiger charge is 2.44. The molecule has 3 aliphatic rings. The molecule has 2 amide bonds. The first kappa shape index (κ1) is 36.6. The van der Waals surface area contributed by atoms with E-state index >= 15 is 0 Å². The third-order valence-electron chi connectivity index (χ3n) is 8.57.